The van der Waals surface area contributed by atoms with E-state index in [0.717, 1.165) is 16.4 Å². The number of sulfonamides is 1. The summed E-state index contributed by atoms with van der Waals surface area (Å²) in [6.45, 7) is 4.54. The number of anilines is 2. The highest BCUT2D eigenvalue weighted by Gasteiger charge is 2.23. The van der Waals surface area contributed by atoms with Crippen molar-refractivity contribution < 1.29 is 27.1 Å². The summed E-state index contributed by atoms with van der Waals surface area (Å²) in [6, 6.07) is 11.0. The predicted octanol–water partition coefficient (Wildman–Crippen LogP) is 3.43. The number of ether oxygens (including phenoxy) is 1. The SMILES string of the molecule is CN(CC(=O)Nc1cc(F)ccc1NC(=O)OC(C)(C)C)S(=O)(=O)c1ccccc1. The third-order valence-corrected chi connectivity index (χ3v) is 5.53. The van der Waals surface area contributed by atoms with E-state index in [1.165, 1.54) is 25.2 Å². The predicted molar refractivity (Wildman–Crippen MR) is 111 cm³/mol. The van der Waals surface area contributed by atoms with E-state index < -0.39 is 40.0 Å². The van der Waals surface area contributed by atoms with Gasteiger partial charge in [-0.1, -0.05) is 18.2 Å². The summed E-state index contributed by atoms with van der Waals surface area (Å²) in [5, 5.41) is 4.85. The molecule has 2 amide bonds. The Hall–Kier alpha value is -2.98. The van der Waals surface area contributed by atoms with Crippen molar-refractivity contribution in [3.05, 3.63) is 54.3 Å². The van der Waals surface area contributed by atoms with Crippen molar-refractivity contribution in [3.8, 4) is 0 Å². The summed E-state index contributed by atoms with van der Waals surface area (Å²) in [6.07, 6.45) is -0.784. The second kappa shape index (κ2) is 9.23. The highest BCUT2D eigenvalue weighted by atomic mass is 32.2. The molecule has 0 saturated carbocycles. The molecule has 2 aromatic rings. The number of hydrogen-bond acceptors (Lipinski definition) is 5. The van der Waals surface area contributed by atoms with Crippen molar-refractivity contribution in [1.29, 1.82) is 0 Å². The summed E-state index contributed by atoms with van der Waals surface area (Å²) in [5.74, 6) is -1.36. The first kappa shape index (κ1) is 23.3. The molecule has 0 aromatic heterocycles. The zero-order chi connectivity index (χ0) is 22.5. The van der Waals surface area contributed by atoms with Crippen molar-refractivity contribution >= 4 is 33.4 Å². The first-order chi connectivity index (χ1) is 13.9. The molecule has 0 fully saturated rings. The number of carbonyl (C=O) groups is 2. The smallest absolute Gasteiger partial charge is 0.412 e. The van der Waals surface area contributed by atoms with E-state index in [1.807, 2.05) is 0 Å². The molecule has 0 radical (unpaired) electrons. The van der Waals surface area contributed by atoms with E-state index in [9.17, 15) is 22.4 Å². The lowest BCUT2D eigenvalue weighted by Gasteiger charge is -2.21. The first-order valence-corrected chi connectivity index (χ1v) is 10.4. The molecule has 0 saturated heterocycles. The number of nitrogens with one attached hydrogen (secondary N) is 2. The number of halogens is 1. The van der Waals surface area contributed by atoms with Crippen LogP contribution >= 0.6 is 0 Å². The lowest BCUT2D eigenvalue weighted by atomic mass is 10.2. The second-order valence-electron chi connectivity index (χ2n) is 7.44. The minimum atomic E-state index is -3.88. The van der Waals surface area contributed by atoms with Crippen LogP contribution in [0.4, 0.5) is 20.6 Å². The maximum absolute atomic E-state index is 13.7. The van der Waals surface area contributed by atoms with E-state index in [2.05, 4.69) is 10.6 Å². The van der Waals surface area contributed by atoms with Crippen LogP contribution in [0.1, 0.15) is 20.8 Å². The molecule has 0 spiro atoms. The Labute approximate surface area is 175 Å². The molecule has 2 N–H and O–H groups in total. The van der Waals surface area contributed by atoms with Crippen LogP contribution in [0.25, 0.3) is 0 Å². The van der Waals surface area contributed by atoms with Crippen molar-refractivity contribution in [2.24, 2.45) is 0 Å². The van der Waals surface area contributed by atoms with E-state index in [1.54, 1.807) is 39.0 Å². The first-order valence-electron chi connectivity index (χ1n) is 8.99. The van der Waals surface area contributed by atoms with E-state index in [-0.39, 0.29) is 16.3 Å². The van der Waals surface area contributed by atoms with Crippen LogP contribution in [-0.2, 0) is 19.6 Å². The molecule has 2 aromatic carbocycles. The van der Waals surface area contributed by atoms with Gasteiger partial charge in [-0.2, -0.15) is 4.31 Å². The maximum atomic E-state index is 13.7. The van der Waals surface area contributed by atoms with Gasteiger partial charge < -0.3 is 10.1 Å². The van der Waals surface area contributed by atoms with Gasteiger partial charge in [0.15, 0.2) is 0 Å². The van der Waals surface area contributed by atoms with E-state index in [4.69, 9.17) is 4.74 Å². The number of likely N-dealkylation sites (N-methyl/N-ethyl adjacent to an activating group) is 1. The van der Waals surface area contributed by atoms with Crippen LogP contribution < -0.4 is 10.6 Å². The molecular weight excluding hydrogens is 413 g/mol. The molecule has 8 nitrogen and oxygen atoms in total. The lowest BCUT2D eigenvalue weighted by Crippen LogP contribution is -2.35. The Kier molecular flexibility index (Phi) is 7.16. The van der Waals surface area contributed by atoms with Gasteiger partial charge in [0.2, 0.25) is 15.9 Å². The van der Waals surface area contributed by atoms with Crippen LogP contribution in [0.3, 0.4) is 0 Å². The fourth-order valence-corrected chi connectivity index (χ4v) is 3.54. The third kappa shape index (κ3) is 6.53. The Morgan fingerprint density at radius 1 is 1.03 bits per heavy atom. The largest absolute Gasteiger partial charge is 0.444 e. The molecule has 30 heavy (non-hydrogen) atoms. The normalized spacial score (nSPS) is 11.8. The van der Waals surface area contributed by atoms with Crippen LogP contribution in [-0.4, -0.2) is 43.9 Å². The third-order valence-electron chi connectivity index (χ3n) is 3.71. The monoisotopic (exact) mass is 437 g/mol. The number of benzene rings is 2. The van der Waals surface area contributed by atoms with Gasteiger partial charge in [-0.05, 0) is 51.1 Å². The zero-order valence-electron chi connectivity index (χ0n) is 17.1. The van der Waals surface area contributed by atoms with Crippen LogP contribution in [0.15, 0.2) is 53.4 Å². The molecular formula is C20H24FN3O5S. The van der Waals surface area contributed by atoms with E-state index >= 15 is 0 Å². The van der Waals surface area contributed by atoms with Crippen molar-refractivity contribution in [2.75, 3.05) is 24.2 Å². The van der Waals surface area contributed by atoms with Gasteiger partial charge in [0.05, 0.1) is 22.8 Å². The molecule has 0 aliphatic rings. The fraction of sp³-hybridized carbons (Fsp3) is 0.300. The molecule has 0 unspecified atom stereocenters. The molecule has 0 heterocycles. The molecule has 0 aliphatic heterocycles. The van der Waals surface area contributed by atoms with Gasteiger partial charge in [0.25, 0.3) is 0 Å². The number of rotatable bonds is 6. The average molecular weight is 437 g/mol. The molecule has 2 rings (SSSR count). The summed E-state index contributed by atoms with van der Waals surface area (Å²) < 4.78 is 44.8. The number of hydrogen-bond donors (Lipinski definition) is 2. The summed E-state index contributed by atoms with van der Waals surface area (Å²) in [5.41, 5.74) is -0.675. The molecule has 0 aliphatic carbocycles. The molecule has 0 bridgehead atoms. The summed E-state index contributed by atoms with van der Waals surface area (Å²) >= 11 is 0. The minimum absolute atomic E-state index is 0.0311. The van der Waals surface area contributed by atoms with Crippen LogP contribution in [0.2, 0.25) is 0 Å². The molecule has 10 heteroatoms. The number of amides is 2. The lowest BCUT2D eigenvalue weighted by molar-refractivity contribution is -0.116. The Morgan fingerprint density at radius 2 is 1.67 bits per heavy atom. The second-order valence-corrected chi connectivity index (χ2v) is 9.48. The maximum Gasteiger partial charge on any atom is 0.412 e. The minimum Gasteiger partial charge on any atom is -0.444 e. The van der Waals surface area contributed by atoms with Gasteiger partial charge in [-0.25, -0.2) is 17.6 Å². The van der Waals surface area contributed by atoms with Crippen molar-refractivity contribution in [2.45, 2.75) is 31.3 Å². The fourth-order valence-electron chi connectivity index (χ4n) is 2.39. The highest BCUT2D eigenvalue weighted by molar-refractivity contribution is 7.89. The molecule has 162 valence electrons. The topological polar surface area (TPSA) is 105 Å². The quantitative estimate of drug-likeness (QED) is 0.720. The summed E-state index contributed by atoms with van der Waals surface area (Å²) in [7, 11) is -2.62. The molecule has 0 atom stereocenters. The number of nitrogens with zero attached hydrogens (tertiary/aromatic N) is 1. The van der Waals surface area contributed by atoms with Crippen molar-refractivity contribution in [3.63, 3.8) is 0 Å². The van der Waals surface area contributed by atoms with Crippen LogP contribution in [0, 0.1) is 5.82 Å². The van der Waals surface area contributed by atoms with Gasteiger partial charge in [0, 0.05) is 7.05 Å². The average Bonchev–Trinajstić information content (AvgIpc) is 2.63. The number of carbonyl (C=O) groups excluding carboxylic acids is 2. The van der Waals surface area contributed by atoms with Gasteiger partial charge >= 0.3 is 6.09 Å². The standard InChI is InChI=1S/C20H24FN3O5S/c1-20(2,3)29-19(26)23-16-11-10-14(21)12-17(16)22-18(25)13-24(4)30(27,28)15-8-6-5-7-9-15/h5-12H,13H2,1-4H3,(H,22,25)(H,23,26). The Morgan fingerprint density at radius 3 is 2.27 bits per heavy atom. The van der Waals surface area contributed by atoms with Crippen molar-refractivity contribution in [1.82, 2.24) is 4.31 Å². The van der Waals surface area contributed by atoms with Gasteiger partial charge in [-0.3, -0.25) is 10.1 Å². The Balaban J connectivity index is 2.13. The summed E-state index contributed by atoms with van der Waals surface area (Å²) in [4.78, 5) is 24.4. The Bertz CT molecular complexity index is 1020. The highest BCUT2D eigenvalue weighted by Crippen LogP contribution is 2.24. The van der Waals surface area contributed by atoms with Crippen LogP contribution in [0.5, 0.6) is 0 Å². The van der Waals surface area contributed by atoms with Gasteiger partial charge in [0.1, 0.15) is 11.4 Å². The van der Waals surface area contributed by atoms with E-state index in [0.29, 0.717) is 0 Å². The van der Waals surface area contributed by atoms with Gasteiger partial charge in [-0.15, -0.1) is 0 Å². The zero-order valence-corrected chi connectivity index (χ0v) is 17.9.